The van der Waals surface area contributed by atoms with Gasteiger partial charge in [0.05, 0.1) is 26.4 Å². The van der Waals surface area contributed by atoms with Crippen molar-refractivity contribution in [1.29, 1.82) is 0 Å². The molecule has 0 aliphatic rings. The summed E-state index contributed by atoms with van der Waals surface area (Å²) >= 11 is 0. The van der Waals surface area contributed by atoms with E-state index in [1.807, 2.05) is 0 Å². The molecule has 0 aromatic heterocycles. The summed E-state index contributed by atoms with van der Waals surface area (Å²) in [6, 6.07) is 0. The number of halogens is 2. The number of hydrogen-bond acceptors (Lipinski definition) is 5. The zero-order valence-electron chi connectivity index (χ0n) is 8.89. The van der Waals surface area contributed by atoms with Crippen LogP contribution in [-0.2, 0) is 9.47 Å². The molecule has 0 fully saturated rings. The van der Waals surface area contributed by atoms with Crippen LogP contribution >= 0.6 is 0 Å². The molecule has 0 saturated carbocycles. The van der Waals surface area contributed by atoms with Crippen LogP contribution in [0.4, 0.5) is 8.78 Å². The van der Waals surface area contributed by atoms with Gasteiger partial charge in [-0.3, -0.25) is 0 Å². The van der Waals surface area contributed by atoms with Crippen LogP contribution in [0, 0.1) is 0 Å². The van der Waals surface area contributed by atoms with Gasteiger partial charge < -0.3 is 24.8 Å². The molecule has 2 atom stereocenters. The lowest BCUT2D eigenvalue weighted by molar-refractivity contribution is -0.0563. The van der Waals surface area contributed by atoms with Crippen molar-refractivity contribution in [3.8, 4) is 0 Å². The van der Waals surface area contributed by atoms with E-state index in [4.69, 9.17) is 19.7 Å². The highest BCUT2D eigenvalue weighted by Crippen LogP contribution is 1.93. The van der Waals surface area contributed by atoms with Crippen LogP contribution in [0.2, 0.25) is 0 Å². The highest BCUT2D eigenvalue weighted by molar-refractivity contribution is 4.56. The molecule has 0 aromatic carbocycles. The minimum Gasteiger partial charge on any atom is -0.388 e. The first kappa shape index (κ1) is 15.7. The van der Waals surface area contributed by atoms with Gasteiger partial charge in [0.15, 0.2) is 0 Å². The molecule has 2 unspecified atom stereocenters. The summed E-state index contributed by atoms with van der Waals surface area (Å²) < 4.78 is 33.1. The van der Waals surface area contributed by atoms with Crippen LogP contribution in [-0.4, -0.2) is 73.4 Å². The summed E-state index contributed by atoms with van der Waals surface area (Å²) in [4.78, 5) is 0. The number of aliphatic hydroxyl groups excluding tert-OH is 3. The van der Waals surface area contributed by atoms with Crippen LogP contribution in [0.25, 0.3) is 0 Å². The van der Waals surface area contributed by atoms with Gasteiger partial charge in [-0.05, 0) is 0 Å². The molecule has 0 bridgehead atoms. The molecule has 0 rings (SSSR count). The van der Waals surface area contributed by atoms with E-state index in [1.54, 1.807) is 0 Å². The summed E-state index contributed by atoms with van der Waals surface area (Å²) in [5, 5.41) is 26.7. The van der Waals surface area contributed by atoms with Crippen molar-refractivity contribution in [2.45, 2.75) is 18.3 Å². The second-order valence-corrected chi connectivity index (χ2v) is 3.34. The maximum absolute atomic E-state index is 11.8. The highest BCUT2D eigenvalue weighted by Gasteiger charge is 2.09. The van der Waals surface area contributed by atoms with Gasteiger partial charge in [0.1, 0.15) is 31.7 Å². The lowest BCUT2D eigenvalue weighted by Crippen LogP contribution is -2.27. The average Bonchev–Trinajstić information content (AvgIpc) is 2.28. The number of hydrogen-bond donors (Lipinski definition) is 3. The molecular weight excluding hydrogens is 226 g/mol. The molecule has 7 heteroatoms. The fourth-order valence-electron chi connectivity index (χ4n) is 0.817. The van der Waals surface area contributed by atoms with Crippen LogP contribution < -0.4 is 0 Å². The third-order valence-corrected chi connectivity index (χ3v) is 1.60. The minimum absolute atomic E-state index is 0.122. The quantitative estimate of drug-likeness (QED) is 0.461. The standard InChI is InChI=1S/C9H18F2O5/c10-1-7(12)3-15-5-9(14)6-16-4-8(13)2-11/h7-9,12-14H,1-6H2. The maximum atomic E-state index is 11.8. The van der Waals surface area contributed by atoms with Crippen molar-refractivity contribution in [3.63, 3.8) is 0 Å². The molecule has 16 heavy (non-hydrogen) atoms. The molecule has 0 amide bonds. The SMILES string of the molecule is OC(CF)COCC(O)COCC(O)CF. The number of alkyl halides is 2. The zero-order chi connectivity index (χ0) is 12.4. The normalized spacial score (nSPS) is 17.1. The third-order valence-electron chi connectivity index (χ3n) is 1.60. The molecule has 0 spiro atoms. The van der Waals surface area contributed by atoms with E-state index in [1.165, 1.54) is 0 Å². The van der Waals surface area contributed by atoms with Crippen LogP contribution in [0.5, 0.6) is 0 Å². The van der Waals surface area contributed by atoms with E-state index in [2.05, 4.69) is 0 Å². The van der Waals surface area contributed by atoms with Crippen molar-refractivity contribution >= 4 is 0 Å². The molecule has 0 radical (unpaired) electrons. The number of ether oxygens (including phenoxy) is 2. The molecule has 98 valence electrons. The van der Waals surface area contributed by atoms with Crippen molar-refractivity contribution in [2.24, 2.45) is 0 Å². The van der Waals surface area contributed by atoms with Crippen LogP contribution in [0.1, 0.15) is 0 Å². The first-order valence-electron chi connectivity index (χ1n) is 4.91. The predicted octanol–water partition coefficient (Wildman–Crippen LogP) is -0.959. The molecule has 5 nitrogen and oxygen atoms in total. The van der Waals surface area contributed by atoms with Crippen molar-refractivity contribution in [3.05, 3.63) is 0 Å². The second-order valence-electron chi connectivity index (χ2n) is 3.34. The van der Waals surface area contributed by atoms with E-state index in [9.17, 15) is 13.9 Å². The first-order valence-corrected chi connectivity index (χ1v) is 4.91. The highest BCUT2D eigenvalue weighted by atomic mass is 19.1. The van der Waals surface area contributed by atoms with E-state index in [0.717, 1.165) is 0 Å². The summed E-state index contributed by atoms with van der Waals surface area (Å²) in [6.07, 6.45) is -3.35. The Bertz CT molecular complexity index is 145. The Hall–Kier alpha value is -0.340. The van der Waals surface area contributed by atoms with E-state index < -0.39 is 31.7 Å². The van der Waals surface area contributed by atoms with Crippen molar-refractivity contribution in [2.75, 3.05) is 39.8 Å². The smallest absolute Gasteiger partial charge is 0.118 e. The van der Waals surface area contributed by atoms with Gasteiger partial charge in [-0.1, -0.05) is 0 Å². The van der Waals surface area contributed by atoms with Gasteiger partial charge in [0, 0.05) is 0 Å². The Labute approximate surface area is 92.6 Å². The molecule has 0 heterocycles. The van der Waals surface area contributed by atoms with E-state index >= 15 is 0 Å². The van der Waals surface area contributed by atoms with Gasteiger partial charge in [-0.25, -0.2) is 8.78 Å². The monoisotopic (exact) mass is 244 g/mol. The Morgan fingerprint density at radius 3 is 1.31 bits per heavy atom. The van der Waals surface area contributed by atoms with Gasteiger partial charge in [0.25, 0.3) is 0 Å². The number of aliphatic hydroxyl groups is 3. The largest absolute Gasteiger partial charge is 0.388 e. The Morgan fingerprint density at radius 2 is 1.00 bits per heavy atom. The van der Waals surface area contributed by atoms with Crippen molar-refractivity contribution in [1.82, 2.24) is 0 Å². The van der Waals surface area contributed by atoms with Gasteiger partial charge >= 0.3 is 0 Å². The first-order chi connectivity index (χ1) is 7.60. The second kappa shape index (κ2) is 9.86. The minimum atomic E-state index is -1.19. The van der Waals surface area contributed by atoms with Gasteiger partial charge in [0.2, 0.25) is 0 Å². The third kappa shape index (κ3) is 8.93. The van der Waals surface area contributed by atoms with Gasteiger partial charge in [-0.15, -0.1) is 0 Å². The van der Waals surface area contributed by atoms with Crippen LogP contribution in [0.3, 0.4) is 0 Å². The average molecular weight is 244 g/mol. The summed E-state index contributed by atoms with van der Waals surface area (Å²) in [5.74, 6) is 0. The molecule has 0 saturated heterocycles. The zero-order valence-corrected chi connectivity index (χ0v) is 8.89. The molecule has 0 aliphatic carbocycles. The molecule has 0 aliphatic heterocycles. The maximum Gasteiger partial charge on any atom is 0.118 e. The fraction of sp³-hybridized carbons (Fsp3) is 1.00. The Morgan fingerprint density at radius 1 is 0.688 bits per heavy atom. The fourth-order valence-corrected chi connectivity index (χ4v) is 0.817. The lowest BCUT2D eigenvalue weighted by atomic mass is 10.4. The summed E-state index contributed by atoms with van der Waals surface area (Å²) in [5.41, 5.74) is 0. The Kier molecular flexibility index (Phi) is 9.65. The Balaban J connectivity index is 3.34. The van der Waals surface area contributed by atoms with E-state index in [-0.39, 0.29) is 26.4 Å². The van der Waals surface area contributed by atoms with E-state index in [0.29, 0.717) is 0 Å². The van der Waals surface area contributed by atoms with Gasteiger partial charge in [-0.2, -0.15) is 0 Å². The number of rotatable bonds is 10. The molecular formula is C9H18F2O5. The van der Waals surface area contributed by atoms with Crippen LogP contribution in [0.15, 0.2) is 0 Å². The lowest BCUT2D eigenvalue weighted by Gasteiger charge is -2.14. The molecule has 3 N–H and O–H groups in total. The predicted molar refractivity (Wildman–Crippen MR) is 51.6 cm³/mol. The molecule has 0 aromatic rings. The van der Waals surface area contributed by atoms with Crippen molar-refractivity contribution < 1.29 is 33.6 Å². The topological polar surface area (TPSA) is 79.2 Å². The summed E-state index contributed by atoms with van der Waals surface area (Å²) in [7, 11) is 0. The summed E-state index contributed by atoms with van der Waals surface area (Å²) in [6.45, 7) is -2.47.